The third kappa shape index (κ3) is 2.83. The summed E-state index contributed by atoms with van der Waals surface area (Å²) in [6.45, 7) is 6.57. The van der Waals surface area contributed by atoms with Gasteiger partial charge in [-0.2, -0.15) is 0 Å². The van der Waals surface area contributed by atoms with Crippen LogP contribution in [-0.4, -0.2) is 21.0 Å². The van der Waals surface area contributed by atoms with Crippen LogP contribution in [0.2, 0.25) is 0 Å². The summed E-state index contributed by atoms with van der Waals surface area (Å²) >= 11 is 0. The van der Waals surface area contributed by atoms with E-state index in [9.17, 15) is 4.79 Å². The summed E-state index contributed by atoms with van der Waals surface area (Å²) in [5.41, 5.74) is 0. The molecule has 5 nitrogen and oxygen atoms in total. The first-order valence-electron chi connectivity index (χ1n) is 4.72. The fourth-order valence-electron chi connectivity index (χ4n) is 0.988. The minimum Gasteiger partial charge on any atom is -0.406 e. The maximum atomic E-state index is 11.0. The van der Waals surface area contributed by atoms with Crippen molar-refractivity contribution >= 4 is 5.97 Å². The van der Waals surface area contributed by atoms with E-state index in [1.807, 2.05) is 0 Å². The van der Waals surface area contributed by atoms with Crippen molar-refractivity contribution in [2.24, 2.45) is 5.92 Å². The Morgan fingerprint density at radius 2 is 2.36 bits per heavy atom. The Hall–Kier alpha value is -1.39. The van der Waals surface area contributed by atoms with E-state index in [2.05, 4.69) is 24.2 Å². The summed E-state index contributed by atoms with van der Waals surface area (Å²) < 4.78 is 6.63. The Kier molecular flexibility index (Phi) is 3.62. The van der Waals surface area contributed by atoms with E-state index in [-0.39, 0.29) is 5.97 Å². The molecule has 0 saturated heterocycles. The molecule has 0 aromatic carbocycles. The predicted octanol–water partition coefficient (Wildman–Crippen LogP) is 1.25. The normalized spacial score (nSPS) is 10.6. The molecule has 1 rings (SSSR count). The molecule has 1 aromatic heterocycles. The highest BCUT2D eigenvalue weighted by molar-refractivity contribution is 5.71. The molecule has 0 spiro atoms. The second-order valence-corrected chi connectivity index (χ2v) is 3.48. The van der Waals surface area contributed by atoms with Gasteiger partial charge in [0.05, 0.1) is 0 Å². The Labute approximate surface area is 83.1 Å². The molecule has 0 aliphatic carbocycles. The van der Waals surface area contributed by atoms with Gasteiger partial charge in [0, 0.05) is 13.0 Å². The zero-order chi connectivity index (χ0) is 10.6. The molecule has 0 amide bonds. The van der Waals surface area contributed by atoms with Gasteiger partial charge in [-0.15, -0.1) is 5.10 Å². The van der Waals surface area contributed by atoms with Crippen LogP contribution >= 0.6 is 0 Å². The topological polar surface area (TPSA) is 57.0 Å². The number of hydrogen-bond acceptors (Lipinski definition) is 4. The highest BCUT2D eigenvalue weighted by atomic mass is 16.5. The van der Waals surface area contributed by atoms with Gasteiger partial charge in [0.25, 0.3) is 0 Å². The standard InChI is InChI=1S/C9H15N3O2/c1-4-9(13)14-8-5-10-11-12(8)6-7(2)3/h5,7H,4,6H2,1-3H3. The van der Waals surface area contributed by atoms with E-state index in [1.165, 1.54) is 6.20 Å². The summed E-state index contributed by atoms with van der Waals surface area (Å²) in [5.74, 6) is 0.596. The molecule has 5 heteroatoms. The van der Waals surface area contributed by atoms with E-state index in [1.54, 1.807) is 11.6 Å². The molecular formula is C9H15N3O2. The summed E-state index contributed by atoms with van der Waals surface area (Å²) in [6, 6.07) is 0. The Morgan fingerprint density at radius 3 is 2.93 bits per heavy atom. The highest BCUT2D eigenvalue weighted by Crippen LogP contribution is 2.10. The van der Waals surface area contributed by atoms with Gasteiger partial charge >= 0.3 is 5.97 Å². The Morgan fingerprint density at radius 1 is 1.64 bits per heavy atom. The number of aromatic nitrogens is 3. The molecule has 1 heterocycles. The average molecular weight is 197 g/mol. The van der Waals surface area contributed by atoms with Crippen LogP contribution in [0, 0.1) is 5.92 Å². The van der Waals surface area contributed by atoms with Crippen molar-refractivity contribution in [2.75, 3.05) is 0 Å². The molecule has 0 atom stereocenters. The fourth-order valence-corrected chi connectivity index (χ4v) is 0.988. The summed E-state index contributed by atoms with van der Waals surface area (Å²) in [6.07, 6.45) is 1.81. The molecule has 0 aliphatic heterocycles. The smallest absolute Gasteiger partial charge is 0.312 e. The van der Waals surface area contributed by atoms with Crippen molar-refractivity contribution in [2.45, 2.75) is 33.7 Å². The Bertz CT molecular complexity index is 307. The van der Waals surface area contributed by atoms with Crippen LogP contribution in [0.15, 0.2) is 6.20 Å². The third-order valence-electron chi connectivity index (χ3n) is 1.63. The van der Waals surface area contributed by atoms with Crippen molar-refractivity contribution in [1.82, 2.24) is 15.0 Å². The molecule has 1 aromatic rings. The van der Waals surface area contributed by atoms with E-state index in [0.29, 0.717) is 24.8 Å². The lowest BCUT2D eigenvalue weighted by molar-refractivity contribution is -0.134. The van der Waals surface area contributed by atoms with Crippen LogP contribution in [0.4, 0.5) is 0 Å². The van der Waals surface area contributed by atoms with E-state index < -0.39 is 0 Å². The quantitative estimate of drug-likeness (QED) is 0.681. The lowest BCUT2D eigenvalue weighted by atomic mass is 10.2. The summed E-state index contributed by atoms with van der Waals surface area (Å²) in [7, 11) is 0. The molecule has 0 unspecified atom stereocenters. The lowest BCUT2D eigenvalue weighted by Gasteiger charge is -2.07. The largest absolute Gasteiger partial charge is 0.406 e. The van der Waals surface area contributed by atoms with Crippen molar-refractivity contribution < 1.29 is 9.53 Å². The highest BCUT2D eigenvalue weighted by Gasteiger charge is 2.09. The number of esters is 1. The molecule has 0 N–H and O–H groups in total. The molecule has 0 aliphatic rings. The first-order chi connectivity index (χ1) is 6.63. The monoisotopic (exact) mass is 197 g/mol. The van der Waals surface area contributed by atoms with Gasteiger partial charge < -0.3 is 4.74 Å². The van der Waals surface area contributed by atoms with Crippen molar-refractivity contribution in [1.29, 1.82) is 0 Å². The van der Waals surface area contributed by atoms with Gasteiger partial charge in [0.15, 0.2) is 0 Å². The molecule has 0 radical (unpaired) electrons. The number of carbonyl (C=O) groups is 1. The third-order valence-corrected chi connectivity index (χ3v) is 1.63. The fraction of sp³-hybridized carbons (Fsp3) is 0.667. The SMILES string of the molecule is CCC(=O)Oc1cnnn1CC(C)C. The first kappa shape index (κ1) is 10.7. The van der Waals surface area contributed by atoms with Gasteiger partial charge in [-0.25, -0.2) is 4.68 Å². The minimum atomic E-state index is -0.266. The summed E-state index contributed by atoms with van der Waals surface area (Å²) in [5, 5.41) is 7.53. The van der Waals surface area contributed by atoms with Gasteiger partial charge in [-0.1, -0.05) is 26.0 Å². The number of rotatable bonds is 4. The molecular weight excluding hydrogens is 182 g/mol. The van der Waals surface area contributed by atoms with Gasteiger partial charge in [-0.3, -0.25) is 4.79 Å². The molecule has 14 heavy (non-hydrogen) atoms. The van der Waals surface area contributed by atoms with Crippen LogP contribution < -0.4 is 4.74 Å². The van der Waals surface area contributed by atoms with E-state index in [0.717, 1.165) is 0 Å². The maximum Gasteiger partial charge on any atom is 0.312 e. The number of nitrogens with zero attached hydrogens (tertiary/aromatic N) is 3. The maximum absolute atomic E-state index is 11.0. The lowest BCUT2D eigenvalue weighted by Crippen LogP contribution is -2.13. The van der Waals surface area contributed by atoms with Crippen LogP contribution in [0.5, 0.6) is 5.88 Å². The number of ether oxygens (including phenoxy) is 1. The Balaban J connectivity index is 2.67. The van der Waals surface area contributed by atoms with Crippen LogP contribution in [0.1, 0.15) is 27.2 Å². The van der Waals surface area contributed by atoms with Crippen LogP contribution in [-0.2, 0) is 11.3 Å². The minimum absolute atomic E-state index is 0.266. The zero-order valence-corrected chi connectivity index (χ0v) is 8.73. The van der Waals surface area contributed by atoms with Gasteiger partial charge in [-0.05, 0) is 5.92 Å². The van der Waals surface area contributed by atoms with E-state index in [4.69, 9.17) is 4.74 Å². The van der Waals surface area contributed by atoms with Crippen molar-refractivity contribution in [3.05, 3.63) is 6.20 Å². The summed E-state index contributed by atoms with van der Waals surface area (Å²) in [4.78, 5) is 11.0. The van der Waals surface area contributed by atoms with Gasteiger partial charge in [0.2, 0.25) is 5.88 Å². The second-order valence-electron chi connectivity index (χ2n) is 3.48. The second kappa shape index (κ2) is 4.74. The number of carbonyl (C=O) groups excluding carboxylic acids is 1. The van der Waals surface area contributed by atoms with Crippen molar-refractivity contribution in [3.8, 4) is 5.88 Å². The molecule has 78 valence electrons. The molecule has 0 saturated carbocycles. The van der Waals surface area contributed by atoms with Crippen LogP contribution in [0.25, 0.3) is 0 Å². The average Bonchev–Trinajstić information content (AvgIpc) is 2.52. The molecule has 0 fully saturated rings. The molecule has 0 bridgehead atoms. The predicted molar refractivity (Wildman–Crippen MR) is 50.8 cm³/mol. The number of hydrogen-bond donors (Lipinski definition) is 0. The van der Waals surface area contributed by atoms with Crippen molar-refractivity contribution in [3.63, 3.8) is 0 Å². The zero-order valence-electron chi connectivity index (χ0n) is 8.73. The van der Waals surface area contributed by atoms with E-state index >= 15 is 0 Å². The van der Waals surface area contributed by atoms with Crippen LogP contribution in [0.3, 0.4) is 0 Å². The first-order valence-corrected chi connectivity index (χ1v) is 4.72. The van der Waals surface area contributed by atoms with Gasteiger partial charge in [0.1, 0.15) is 6.20 Å².